The fraction of sp³-hybridized carbons (Fsp3) is 0.167. The molecule has 0 saturated carbocycles. The molecule has 0 aliphatic carbocycles. The van der Waals surface area contributed by atoms with Crippen LogP contribution in [0.2, 0.25) is 5.02 Å². The molecule has 1 aromatic heterocycles. The van der Waals surface area contributed by atoms with Crippen molar-refractivity contribution in [1.82, 2.24) is 10.3 Å². The van der Waals surface area contributed by atoms with Crippen LogP contribution in [-0.2, 0) is 9.59 Å². The lowest BCUT2D eigenvalue weighted by molar-refractivity contribution is -0.140. The van der Waals surface area contributed by atoms with E-state index in [9.17, 15) is 9.59 Å². The van der Waals surface area contributed by atoms with Crippen LogP contribution in [0, 0.1) is 11.3 Å². The number of pyridine rings is 1. The number of amides is 1. The van der Waals surface area contributed by atoms with Crippen LogP contribution in [-0.4, -0.2) is 28.0 Å². The molecule has 1 rings (SSSR count). The maximum Gasteiger partial charge on any atom is 0.325 e. The molecule has 0 bridgehead atoms. The molecule has 104 valence electrons. The lowest BCUT2D eigenvalue weighted by atomic mass is 10.2. The summed E-state index contributed by atoms with van der Waals surface area (Å²) in [6, 6.07) is 3.65. The summed E-state index contributed by atoms with van der Waals surface area (Å²) in [5, 5.41) is 22.8. The van der Waals surface area contributed by atoms with Crippen LogP contribution in [0.5, 0.6) is 0 Å². The van der Waals surface area contributed by atoms with Gasteiger partial charge in [-0.2, -0.15) is 5.26 Å². The summed E-state index contributed by atoms with van der Waals surface area (Å²) in [7, 11) is 0. The Labute approximate surface area is 119 Å². The van der Waals surface area contributed by atoms with Crippen molar-refractivity contribution in [3.63, 3.8) is 0 Å². The smallest absolute Gasteiger partial charge is 0.325 e. The maximum atomic E-state index is 11.6. The third kappa shape index (κ3) is 4.59. The van der Waals surface area contributed by atoms with Crippen LogP contribution in [0.15, 0.2) is 30.1 Å². The van der Waals surface area contributed by atoms with E-state index in [-0.39, 0.29) is 5.57 Å². The normalized spacial score (nSPS) is 12.2. The molecule has 20 heavy (non-hydrogen) atoms. The zero-order chi connectivity index (χ0) is 15.1. The zero-order valence-corrected chi connectivity index (χ0v) is 11.2. The van der Waals surface area contributed by atoms with Gasteiger partial charge in [-0.3, -0.25) is 9.59 Å². The predicted octanol–water partition coefficient (Wildman–Crippen LogP) is 1.14. The highest BCUT2D eigenvalue weighted by Crippen LogP contribution is 2.11. The van der Waals surface area contributed by atoms with Crippen LogP contribution in [0.25, 0.3) is 0 Å². The fourth-order valence-electron chi connectivity index (χ4n) is 1.11. The van der Waals surface area contributed by atoms with Crippen molar-refractivity contribution < 1.29 is 14.7 Å². The lowest BCUT2D eigenvalue weighted by Gasteiger charge is -2.08. The Bertz CT molecular complexity index is 595. The first-order chi connectivity index (χ1) is 9.43. The number of carbonyl (C=O) groups is 2. The summed E-state index contributed by atoms with van der Waals surface area (Å²) >= 11 is 5.75. The van der Waals surface area contributed by atoms with Crippen LogP contribution in [0.3, 0.4) is 0 Å². The quantitative estimate of drug-likeness (QED) is 0.554. The van der Waals surface area contributed by atoms with Crippen molar-refractivity contribution in [3.05, 3.63) is 35.1 Å². The molecule has 7 nitrogen and oxygen atoms in total. The monoisotopic (exact) mass is 294 g/mol. The highest BCUT2D eigenvalue weighted by Gasteiger charge is 2.16. The molecule has 0 aromatic carbocycles. The van der Waals surface area contributed by atoms with Gasteiger partial charge in [0.15, 0.2) is 0 Å². The van der Waals surface area contributed by atoms with Crippen molar-refractivity contribution >= 4 is 29.3 Å². The van der Waals surface area contributed by atoms with E-state index in [1.54, 1.807) is 12.1 Å². The Kier molecular flexibility index (Phi) is 5.50. The number of hydrogen-bond acceptors (Lipinski definition) is 5. The van der Waals surface area contributed by atoms with Crippen molar-refractivity contribution in [2.24, 2.45) is 0 Å². The van der Waals surface area contributed by atoms with E-state index >= 15 is 0 Å². The van der Waals surface area contributed by atoms with Gasteiger partial charge >= 0.3 is 5.97 Å². The molecule has 0 fully saturated rings. The molecule has 0 aliphatic rings. The number of rotatable bonds is 5. The average molecular weight is 295 g/mol. The number of nitrogens with one attached hydrogen (secondary N) is 2. The zero-order valence-electron chi connectivity index (χ0n) is 10.4. The summed E-state index contributed by atoms with van der Waals surface area (Å²) in [6.45, 7) is 1.29. The van der Waals surface area contributed by atoms with Crippen LogP contribution in [0.4, 0.5) is 5.82 Å². The van der Waals surface area contributed by atoms with E-state index in [4.69, 9.17) is 22.0 Å². The standard InChI is InChI=1S/C12H11ClN4O3/c1-7(12(19)20)17-11(18)8(5-14)6-16-10-4-9(13)2-3-15-10/h2-4,6-7H,1H3,(H,15,16)(H,17,18)(H,19,20)/b8-6-. The summed E-state index contributed by atoms with van der Waals surface area (Å²) in [5.74, 6) is -1.64. The van der Waals surface area contributed by atoms with E-state index in [2.05, 4.69) is 15.6 Å². The minimum atomic E-state index is -1.19. The minimum Gasteiger partial charge on any atom is -0.480 e. The molecule has 3 N–H and O–H groups in total. The summed E-state index contributed by atoms with van der Waals surface area (Å²) < 4.78 is 0. The number of hydrogen-bond donors (Lipinski definition) is 3. The molecule has 1 amide bonds. The van der Waals surface area contributed by atoms with Gasteiger partial charge < -0.3 is 15.7 Å². The van der Waals surface area contributed by atoms with Gasteiger partial charge in [0.2, 0.25) is 0 Å². The Morgan fingerprint density at radius 2 is 2.30 bits per heavy atom. The predicted molar refractivity (Wildman–Crippen MR) is 71.8 cm³/mol. The number of aliphatic carboxylic acids is 1. The Hall–Kier alpha value is -2.59. The van der Waals surface area contributed by atoms with Gasteiger partial charge in [0.25, 0.3) is 5.91 Å². The first-order valence-corrected chi connectivity index (χ1v) is 5.84. The van der Waals surface area contributed by atoms with E-state index < -0.39 is 17.9 Å². The van der Waals surface area contributed by atoms with Crippen molar-refractivity contribution in [2.45, 2.75) is 13.0 Å². The number of halogens is 1. The fourth-order valence-corrected chi connectivity index (χ4v) is 1.27. The molecule has 8 heteroatoms. The van der Waals surface area contributed by atoms with E-state index in [1.165, 1.54) is 19.2 Å². The number of nitrogens with zero attached hydrogens (tertiary/aromatic N) is 2. The maximum absolute atomic E-state index is 11.6. The van der Waals surface area contributed by atoms with Gasteiger partial charge in [0.05, 0.1) is 0 Å². The number of carboxylic acid groups (broad SMARTS) is 1. The van der Waals surface area contributed by atoms with E-state index in [1.807, 2.05) is 0 Å². The van der Waals surface area contributed by atoms with Gasteiger partial charge in [-0.1, -0.05) is 11.6 Å². The molecule has 0 aliphatic heterocycles. The summed E-state index contributed by atoms with van der Waals surface area (Å²) in [6.07, 6.45) is 2.58. The molecular formula is C12H11ClN4O3. The molecule has 0 radical (unpaired) electrons. The largest absolute Gasteiger partial charge is 0.480 e. The second kappa shape index (κ2) is 7.11. The lowest BCUT2D eigenvalue weighted by Crippen LogP contribution is -2.39. The number of carbonyl (C=O) groups excluding carboxylic acids is 1. The third-order valence-corrected chi connectivity index (χ3v) is 2.40. The molecule has 1 atom stereocenters. The Balaban J connectivity index is 2.75. The minimum absolute atomic E-state index is 0.278. The van der Waals surface area contributed by atoms with E-state index in [0.717, 1.165) is 6.20 Å². The van der Waals surface area contributed by atoms with Crippen molar-refractivity contribution in [2.75, 3.05) is 5.32 Å². The summed E-state index contributed by atoms with van der Waals surface area (Å²) in [4.78, 5) is 26.1. The van der Waals surface area contributed by atoms with Gasteiger partial charge in [-0.05, 0) is 19.1 Å². The van der Waals surface area contributed by atoms with Gasteiger partial charge in [-0.25, -0.2) is 4.98 Å². The van der Waals surface area contributed by atoms with Crippen molar-refractivity contribution in [1.29, 1.82) is 5.26 Å². The third-order valence-electron chi connectivity index (χ3n) is 2.17. The van der Waals surface area contributed by atoms with Gasteiger partial charge in [0, 0.05) is 17.4 Å². The second-order valence-corrected chi connectivity index (χ2v) is 4.14. The van der Waals surface area contributed by atoms with E-state index in [0.29, 0.717) is 10.8 Å². The number of carboxylic acids is 1. The molecule has 0 saturated heterocycles. The highest BCUT2D eigenvalue weighted by molar-refractivity contribution is 6.30. The molecule has 1 unspecified atom stereocenters. The first-order valence-electron chi connectivity index (χ1n) is 5.46. The first kappa shape index (κ1) is 15.5. The summed E-state index contributed by atoms with van der Waals surface area (Å²) in [5.41, 5.74) is -0.278. The highest BCUT2D eigenvalue weighted by atomic mass is 35.5. The molecule has 1 heterocycles. The number of anilines is 1. The topological polar surface area (TPSA) is 115 Å². The molecule has 0 spiro atoms. The molecular weight excluding hydrogens is 284 g/mol. The van der Waals surface area contributed by atoms with Gasteiger partial charge in [-0.15, -0.1) is 0 Å². The Morgan fingerprint density at radius 3 is 2.85 bits per heavy atom. The molecule has 1 aromatic rings. The number of nitriles is 1. The SMILES string of the molecule is CC(NC(=O)/C(C#N)=C\Nc1cc(Cl)ccn1)C(=O)O. The second-order valence-electron chi connectivity index (χ2n) is 3.71. The van der Waals surface area contributed by atoms with Crippen LogP contribution < -0.4 is 10.6 Å². The number of aromatic nitrogens is 1. The average Bonchev–Trinajstić information content (AvgIpc) is 2.39. The van der Waals surface area contributed by atoms with Crippen LogP contribution in [0.1, 0.15) is 6.92 Å². The van der Waals surface area contributed by atoms with Gasteiger partial charge in [0.1, 0.15) is 23.5 Å². The van der Waals surface area contributed by atoms with Crippen molar-refractivity contribution in [3.8, 4) is 6.07 Å². The van der Waals surface area contributed by atoms with Crippen LogP contribution >= 0.6 is 11.6 Å². The Morgan fingerprint density at radius 1 is 1.60 bits per heavy atom.